The number of aryl methyl sites for hydroxylation is 2. The lowest BCUT2D eigenvalue weighted by Crippen LogP contribution is -2.09. The molecule has 0 aromatic carbocycles. The minimum absolute atomic E-state index is 0.136. The molecule has 0 bridgehead atoms. The molecule has 4 nitrogen and oxygen atoms in total. The fraction of sp³-hybridized carbons (Fsp3) is 0.300. The van der Waals surface area contributed by atoms with Gasteiger partial charge in [0.1, 0.15) is 5.01 Å². The van der Waals surface area contributed by atoms with Gasteiger partial charge >= 0.3 is 0 Å². The molecule has 7 heteroatoms. The zero-order valence-electron chi connectivity index (χ0n) is 9.28. The molecule has 0 spiro atoms. The molecule has 2 aromatic heterocycles. The standard InChI is InChI=1S/C10H10BrN3OS2/c1-3-7-13-14-10(17-7)12-9(15)6-4-5(2)8(11)16-6/h4H,3H2,1-2H3,(H,12,14,15). The molecule has 0 radical (unpaired) electrons. The van der Waals surface area contributed by atoms with Gasteiger partial charge in [-0.3, -0.25) is 10.1 Å². The average Bonchev–Trinajstić information content (AvgIpc) is 2.87. The molecule has 1 N–H and O–H groups in total. The van der Waals surface area contributed by atoms with Gasteiger partial charge in [-0.1, -0.05) is 18.3 Å². The number of rotatable bonds is 3. The molecule has 17 heavy (non-hydrogen) atoms. The number of anilines is 1. The minimum atomic E-state index is -0.136. The van der Waals surface area contributed by atoms with Gasteiger partial charge < -0.3 is 0 Å². The van der Waals surface area contributed by atoms with E-state index in [0.29, 0.717) is 10.0 Å². The van der Waals surface area contributed by atoms with Crippen LogP contribution in [0.2, 0.25) is 0 Å². The van der Waals surface area contributed by atoms with Crippen LogP contribution in [0.1, 0.15) is 27.2 Å². The van der Waals surface area contributed by atoms with Crippen molar-refractivity contribution in [2.24, 2.45) is 0 Å². The topological polar surface area (TPSA) is 54.9 Å². The van der Waals surface area contributed by atoms with Crippen molar-refractivity contribution in [3.8, 4) is 0 Å². The summed E-state index contributed by atoms with van der Waals surface area (Å²) < 4.78 is 0.981. The number of carbonyl (C=O) groups excluding carboxylic acids is 1. The molecule has 0 unspecified atom stereocenters. The minimum Gasteiger partial charge on any atom is -0.296 e. The number of hydrogen-bond donors (Lipinski definition) is 1. The molecule has 0 aliphatic carbocycles. The smallest absolute Gasteiger partial charge is 0.267 e. The second-order valence-corrected chi connectivity index (χ2v) is 6.81. The highest BCUT2D eigenvalue weighted by atomic mass is 79.9. The van der Waals surface area contributed by atoms with E-state index in [0.717, 1.165) is 20.8 Å². The van der Waals surface area contributed by atoms with Crippen LogP contribution in [0, 0.1) is 6.92 Å². The number of thiophene rings is 1. The van der Waals surface area contributed by atoms with Crippen LogP contribution in [0.3, 0.4) is 0 Å². The lowest BCUT2D eigenvalue weighted by Gasteiger charge is -1.96. The maximum absolute atomic E-state index is 11.9. The quantitative estimate of drug-likeness (QED) is 0.936. The maximum Gasteiger partial charge on any atom is 0.267 e. The number of nitrogens with zero attached hydrogens (tertiary/aromatic N) is 2. The van der Waals surface area contributed by atoms with Gasteiger partial charge in [0.15, 0.2) is 0 Å². The third-order valence-corrected chi connectivity index (χ3v) is 5.19. The van der Waals surface area contributed by atoms with Gasteiger partial charge in [0, 0.05) is 0 Å². The Bertz CT molecular complexity index is 530. The number of nitrogens with one attached hydrogen (secondary N) is 1. The van der Waals surface area contributed by atoms with Crippen LogP contribution in [0.5, 0.6) is 0 Å². The average molecular weight is 332 g/mol. The number of halogens is 1. The van der Waals surface area contributed by atoms with Crippen molar-refractivity contribution in [2.45, 2.75) is 20.3 Å². The Hall–Kier alpha value is -0.790. The van der Waals surface area contributed by atoms with E-state index in [9.17, 15) is 4.79 Å². The first-order valence-corrected chi connectivity index (χ1v) is 7.42. The molecule has 0 aliphatic heterocycles. The number of amides is 1. The Morgan fingerprint density at radius 2 is 2.24 bits per heavy atom. The van der Waals surface area contributed by atoms with E-state index in [1.165, 1.54) is 22.7 Å². The van der Waals surface area contributed by atoms with Gasteiger partial charge in [0.2, 0.25) is 5.13 Å². The van der Waals surface area contributed by atoms with Crippen LogP contribution in [-0.4, -0.2) is 16.1 Å². The lowest BCUT2D eigenvalue weighted by atomic mass is 10.3. The summed E-state index contributed by atoms with van der Waals surface area (Å²) in [6.45, 7) is 3.96. The summed E-state index contributed by atoms with van der Waals surface area (Å²) >= 11 is 6.22. The number of hydrogen-bond acceptors (Lipinski definition) is 5. The van der Waals surface area contributed by atoms with Crippen LogP contribution < -0.4 is 5.32 Å². The monoisotopic (exact) mass is 331 g/mol. The predicted octanol–water partition coefficient (Wildman–Crippen LogP) is 3.49. The van der Waals surface area contributed by atoms with Gasteiger partial charge in [-0.15, -0.1) is 21.5 Å². The van der Waals surface area contributed by atoms with Gasteiger partial charge in [0.25, 0.3) is 5.91 Å². The van der Waals surface area contributed by atoms with Crippen LogP contribution in [0.4, 0.5) is 5.13 Å². The second kappa shape index (κ2) is 5.24. The Morgan fingerprint density at radius 3 is 2.76 bits per heavy atom. The molecule has 2 aromatic rings. The van der Waals surface area contributed by atoms with E-state index in [-0.39, 0.29) is 5.91 Å². The molecule has 0 saturated heterocycles. The first-order valence-electron chi connectivity index (χ1n) is 4.99. The van der Waals surface area contributed by atoms with Crippen molar-refractivity contribution in [2.75, 3.05) is 5.32 Å². The Morgan fingerprint density at radius 1 is 1.47 bits per heavy atom. The van der Waals surface area contributed by atoms with Crippen LogP contribution in [0.15, 0.2) is 9.85 Å². The molecule has 0 saturated carbocycles. The highest BCUT2D eigenvalue weighted by Crippen LogP contribution is 2.28. The molecular formula is C10H10BrN3OS2. The van der Waals surface area contributed by atoms with Gasteiger partial charge in [-0.05, 0) is 40.9 Å². The van der Waals surface area contributed by atoms with Crippen molar-refractivity contribution < 1.29 is 4.79 Å². The maximum atomic E-state index is 11.9. The number of carbonyl (C=O) groups is 1. The number of aromatic nitrogens is 2. The lowest BCUT2D eigenvalue weighted by molar-refractivity contribution is 0.103. The molecule has 0 atom stereocenters. The molecule has 2 heterocycles. The highest BCUT2D eigenvalue weighted by molar-refractivity contribution is 9.11. The van der Waals surface area contributed by atoms with Crippen LogP contribution >= 0.6 is 38.6 Å². The summed E-state index contributed by atoms with van der Waals surface area (Å²) in [6, 6.07) is 1.85. The summed E-state index contributed by atoms with van der Waals surface area (Å²) in [4.78, 5) is 12.6. The largest absolute Gasteiger partial charge is 0.296 e. The first-order chi connectivity index (χ1) is 8.10. The molecule has 90 valence electrons. The first kappa shape index (κ1) is 12.7. The molecule has 0 fully saturated rings. The van der Waals surface area contributed by atoms with E-state index in [2.05, 4.69) is 31.4 Å². The van der Waals surface area contributed by atoms with Crippen molar-refractivity contribution >= 4 is 49.6 Å². The zero-order chi connectivity index (χ0) is 12.4. The molecule has 2 rings (SSSR count). The van der Waals surface area contributed by atoms with Crippen molar-refractivity contribution in [3.63, 3.8) is 0 Å². The van der Waals surface area contributed by atoms with E-state index >= 15 is 0 Å². The Balaban J connectivity index is 2.11. The van der Waals surface area contributed by atoms with E-state index in [4.69, 9.17) is 0 Å². The fourth-order valence-electron chi connectivity index (χ4n) is 1.18. The normalized spacial score (nSPS) is 10.5. The van der Waals surface area contributed by atoms with E-state index in [1.54, 1.807) is 0 Å². The molecule has 0 aliphatic rings. The summed E-state index contributed by atoms with van der Waals surface area (Å²) in [7, 11) is 0. The Kier molecular flexibility index (Phi) is 3.90. The van der Waals surface area contributed by atoms with E-state index < -0.39 is 0 Å². The van der Waals surface area contributed by atoms with Crippen LogP contribution in [0.25, 0.3) is 0 Å². The predicted molar refractivity (Wildman–Crippen MR) is 74.0 cm³/mol. The van der Waals surface area contributed by atoms with Gasteiger partial charge in [-0.25, -0.2) is 0 Å². The van der Waals surface area contributed by atoms with Crippen LogP contribution in [-0.2, 0) is 6.42 Å². The van der Waals surface area contributed by atoms with Crippen molar-refractivity contribution in [3.05, 3.63) is 25.3 Å². The van der Waals surface area contributed by atoms with E-state index in [1.807, 2.05) is 19.9 Å². The SMILES string of the molecule is CCc1nnc(NC(=O)c2cc(C)c(Br)s2)s1. The molecule has 1 amide bonds. The fourth-order valence-corrected chi connectivity index (χ4v) is 3.28. The summed E-state index contributed by atoms with van der Waals surface area (Å²) in [5, 5.41) is 12.1. The van der Waals surface area contributed by atoms with Gasteiger partial charge in [-0.2, -0.15) is 0 Å². The highest BCUT2D eigenvalue weighted by Gasteiger charge is 2.13. The second-order valence-electron chi connectivity index (χ2n) is 3.38. The van der Waals surface area contributed by atoms with Crippen molar-refractivity contribution in [1.29, 1.82) is 0 Å². The van der Waals surface area contributed by atoms with Gasteiger partial charge in [0.05, 0.1) is 8.66 Å². The summed E-state index contributed by atoms with van der Waals surface area (Å²) in [5.74, 6) is -0.136. The van der Waals surface area contributed by atoms with Crippen molar-refractivity contribution in [1.82, 2.24) is 10.2 Å². The third kappa shape index (κ3) is 2.91. The Labute approximate surface area is 115 Å². The molecular weight excluding hydrogens is 322 g/mol. The summed E-state index contributed by atoms with van der Waals surface area (Å²) in [5.41, 5.74) is 1.06. The third-order valence-electron chi connectivity index (χ3n) is 2.07. The summed E-state index contributed by atoms with van der Waals surface area (Å²) in [6.07, 6.45) is 0.831. The zero-order valence-corrected chi connectivity index (χ0v) is 12.5.